The van der Waals surface area contributed by atoms with Crippen LogP contribution in [0.3, 0.4) is 0 Å². The summed E-state index contributed by atoms with van der Waals surface area (Å²) in [4.78, 5) is 0. The predicted molar refractivity (Wildman–Crippen MR) is 54.2 cm³/mol. The Balaban J connectivity index is 3.61. The topological polar surface area (TPSA) is 20.2 Å². The second-order valence-corrected chi connectivity index (χ2v) is 4.80. The molecule has 0 radical (unpaired) electrons. The zero-order chi connectivity index (χ0) is 9.78. The fraction of sp³-hybridized carbons (Fsp3) is 1.00. The van der Waals surface area contributed by atoms with Gasteiger partial charge in [-0.3, -0.25) is 0 Å². The zero-order valence-electron chi connectivity index (χ0n) is 9.22. The van der Waals surface area contributed by atoms with Crippen LogP contribution >= 0.6 is 0 Å². The molecule has 0 aromatic heterocycles. The lowest BCUT2D eigenvalue weighted by molar-refractivity contribution is 0.00255. The van der Waals surface area contributed by atoms with E-state index >= 15 is 0 Å². The normalized spacial score (nSPS) is 17.0. The van der Waals surface area contributed by atoms with Crippen LogP contribution in [0.1, 0.15) is 53.9 Å². The minimum atomic E-state index is -0.463. The summed E-state index contributed by atoms with van der Waals surface area (Å²) < 4.78 is 0. The first-order valence-electron chi connectivity index (χ1n) is 5.08. The van der Waals surface area contributed by atoms with Gasteiger partial charge in [0.15, 0.2) is 0 Å². The molecule has 74 valence electrons. The molecule has 1 unspecified atom stereocenters. The van der Waals surface area contributed by atoms with Gasteiger partial charge in [0, 0.05) is 0 Å². The molecule has 0 fully saturated rings. The fourth-order valence-electron chi connectivity index (χ4n) is 1.16. The molecule has 1 nitrogen and oxygen atoms in total. The summed E-state index contributed by atoms with van der Waals surface area (Å²) in [7, 11) is 0. The number of hydrogen-bond donors (Lipinski definition) is 1. The minimum Gasteiger partial charge on any atom is -0.390 e. The molecule has 0 aliphatic rings. The van der Waals surface area contributed by atoms with E-state index < -0.39 is 5.60 Å². The molecule has 1 N–H and O–H groups in total. The van der Waals surface area contributed by atoms with Gasteiger partial charge in [-0.25, -0.2) is 0 Å². The molecule has 0 aromatic rings. The van der Waals surface area contributed by atoms with Crippen molar-refractivity contribution < 1.29 is 5.11 Å². The first-order chi connectivity index (χ1) is 5.36. The lowest BCUT2D eigenvalue weighted by atomic mass is 9.86. The van der Waals surface area contributed by atoms with Crippen LogP contribution in [0.4, 0.5) is 0 Å². The highest BCUT2D eigenvalue weighted by Crippen LogP contribution is 2.23. The van der Waals surface area contributed by atoms with E-state index in [2.05, 4.69) is 27.7 Å². The summed E-state index contributed by atoms with van der Waals surface area (Å²) >= 11 is 0. The van der Waals surface area contributed by atoms with E-state index in [1.54, 1.807) is 0 Å². The van der Waals surface area contributed by atoms with E-state index in [1.807, 2.05) is 6.92 Å². The molecule has 0 saturated carbocycles. The van der Waals surface area contributed by atoms with E-state index in [0.29, 0.717) is 5.92 Å². The third kappa shape index (κ3) is 4.76. The first-order valence-corrected chi connectivity index (χ1v) is 5.08. The maximum atomic E-state index is 9.90. The molecule has 1 atom stereocenters. The van der Waals surface area contributed by atoms with Gasteiger partial charge in [0.1, 0.15) is 0 Å². The minimum absolute atomic E-state index is 0.365. The van der Waals surface area contributed by atoms with Gasteiger partial charge in [-0.2, -0.15) is 0 Å². The average Bonchev–Trinajstić information content (AvgIpc) is 1.85. The van der Waals surface area contributed by atoms with Crippen LogP contribution in [-0.2, 0) is 0 Å². The summed E-state index contributed by atoms with van der Waals surface area (Å²) in [6.45, 7) is 10.6. The van der Waals surface area contributed by atoms with Crippen LogP contribution in [0.2, 0.25) is 0 Å². The highest BCUT2D eigenvalue weighted by atomic mass is 16.3. The Hall–Kier alpha value is -0.0400. The summed E-state index contributed by atoms with van der Waals surface area (Å²) in [5.41, 5.74) is -0.463. The number of rotatable bonds is 5. The highest BCUT2D eigenvalue weighted by Gasteiger charge is 2.23. The standard InChI is InChI=1S/C11H24O/c1-9(2)7-6-8-11(5,12)10(3)4/h9-10,12H,6-8H2,1-5H3. The van der Waals surface area contributed by atoms with Crippen molar-refractivity contribution in [1.29, 1.82) is 0 Å². The zero-order valence-corrected chi connectivity index (χ0v) is 9.22. The molecule has 0 aliphatic carbocycles. The maximum Gasteiger partial charge on any atom is 0.0642 e. The van der Waals surface area contributed by atoms with Gasteiger partial charge in [0.2, 0.25) is 0 Å². The lowest BCUT2D eigenvalue weighted by Crippen LogP contribution is -2.30. The van der Waals surface area contributed by atoms with Crippen molar-refractivity contribution in [2.24, 2.45) is 11.8 Å². The highest BCUT2D eigenvalue weighted by molar-refractivity contribution is 4.75. The summed E-state index contributed by atoms with van der Waals surface area (Å²) in [6, 6.07) is 0. The fourth-order valence-corrected chi connectivity index (χ4v) is 1.16. The van der Waals surface area contributed by atoms with Crippen LogP contribution < -0.4 is 0 Å². The third-order valence-corrected chi connectivity index (χ3v) is 2.71. The molecular weight excluding hydrogens is 148 g/mol. The van der Waals surface area contributed by atoms with Crippen molar-refractivity contribution in [3.63, 3.8) is 0 Å². The smallest absolute Gasteiger partial charge is 0.0642 e. The van der Waals surface area contributed by atoms with Gasteiger partial charge in [-0.1, -0.05) is 40.5 Å². The quantitative estimate of drug-likeness (QED) is 0.675. The van der Waals surface area contributed by atoms with Crippen LogP contribution in [0.25, 0.3) is 0 Å². The second-order valence-electron chi connectivity index (χ2n) is 4.80. The molecule has 0 amide bonds. The molecule has 1 heteroatoms. The van der Waals surface area contributed by atoms with Gasteiger partial charge in [-0.15, -0.1) is 0 Å². The Morgan fingerprint density at radius 3 is 2.00 bits per heavy atom. The van der Waals surface area contributed by atoms with Gasteiger partial charge < -0.3 is 5.11 Å². The van der Waals surface area contributed by atoms with Crippen molar-refractivity contribution in [3.05, 3.63) is 0 Å². The van der Waals surface area contributed by atoms with Gasteiger partial charge >= 0.3 is 0 Å². The largest absolute Gasteiger partial charge is 0.390 e. The summed E-state index contributed by atoms with van der Waals surface area (Å²) in [5.74, 6) is 1.12. The van der Waals surface area contributed by atoms with E-state index in [9.17, 15) is 5.11 Å². The van der Waals surface area contributed by atoms with Crippen molar-refractivity contribution in [1.82, 2.24) is 0 Å². The van der Waals surface area contributed by atoms with Gasteiger partial charge in [-0.05, 0) is 25.2 Å². The molecular formula is C11H24O. The number of hydrogen-bond acceptors (Lipinski definition) is 1. The van der Waals surface area contributed by atoms with Crippen LogP contribution in [0.15, 0.2) is 0 Å². The number of aliphatic hydroxyl groups is 1. The predicted octanol–water partition coefficient (Wildman–Crippen LogP) is 3.22. The van der Waals surface area contributed by atoms with Gasteiger partial charge in [0.05, 0.1) is 5.60 Å². The Morgan fingerprint density at radius 1 is 1.17 bits per heavy atom. The van der Waals surface area contributed by atoms with E-state index in [-0.39, 0.29) is 0 Å². The van der Waals surface area contributed by atoms with Crippen molar-refractivity contribution in [2.45, 2.75) is 59.5 Å². The molecule has 0 saturated heterocycles. The summed E-state index contributed by atoms with van der Waals surface area (Å²) in [6.07, 6.45) is 3.30. The van der Waals surface area contributed by atoms with Gasteiger partial charge in [0.25, 0.3) is 0 Å². The van der Waals surface area contributed by atoms with Crippen molar-refractivity contribution in [2.75, 3.05) is 0 Å². The lowest BCUT2D eigenvalue weighted by Gasteiger charge is -2.27. The second kappa shape index (κ2) is 4.86. The molecule has 0 aromatic carbocycles. The Morgan fingerprint density at radius 2 is 1.67 bits per heavy atom. The maximum absolute atomic E-state index is 9.90. The Labute approximate surface area is 77.2 Å². The molecule has 0 spiro atoms. The molecule has 0 aliphatic heterocycles. The molecule has 0 heterocycles. The van der Waals surface area contributed by atoms with E-state index in [0.717, 1.165) is 18.8 Å². The summed E-state index contributed by atoms with van der Waals surface area (Å²) in [5, 5.41) is 9.90. The average molecular weight is 172 g/mol. The SMILES string of the molecule is CC(C)CCCC(C)(O)C(C)C. The molecule has 0 bridgehead atoms. The van der Waals surface area contributed by atoms with E-state index in [1.165, 1.54) is 6.42 Å². The Kier molecular flexibility index (Phi) is 4.84. The van der Waals surface area contributed by atoms with Crippen LogP contribution in [0.5, 0.6) is 0 Å². The monoisotopic (exact) mass is 172 g/mol. The van der Waals surface area contributed by atoms with E-state index in [4.69, 9.17) is 0 Å². The van der Waals surface area contributed by atoms with Crippen LogP contribution in [-0.4, -0.2) is 10.7 Å². The van der Waals surface area contributed by atoms with Crippen molar-refractivity contribution >= 4 is 0 Å². The molecule has 0 rings (SSSR count). The molecule has 12 heavy (non-hydrogen) atoms. The Bertz CT molecular complexity index is 114. The van der Waals surface area contributed by atoms with Crippen molar-refractivity contribution in [3.8, 4) is 0 Å². The third-order valence-electron chi connectivity index (χ3n) is 2.71. The first kappa shape index (κ1) is 12.0. The van der Waals surface area contributed by atoms with Crippen LogP contribution in [0, 0.1) is 11.8 Å².